The lowest BCUT2D eigenvalue weighted by atomic mass is 10.1. The van der Waals surface area contributed by atoms with E-state index < -0.39 is 17.6 Å². The van der Waals surface area contributed by atoms with Crippen LogP contribution in [0.5, 0.6) is 0 Å². The molecule has 1 heterocycles. The van der Waals surface area contributed by atoms with Crippen LogP contribution in [0.2, 0.25) is 0 Å². The topological polar surface area (TPSA) is 71.1 Å². The predicted octanol–water partition coefficient (Wildman–Crippen LogP) is 3.42. The molecule has 0 aliphatic heterocycles. The fraction of sp³-hybridized carbons (Fsp3) is 0.167. The number of hydrogen-bond acceptors (Lipinski definition) is 3. The SMILES string of the molecule is CNC(=O)c1cncc(C=CC(=O)Nc2cc(C(F)(F)F)ccc2C)c1. The standard InChI is InChI=1S/C18H16F3N3O2/c1-11-3-5-14(18(19,20)21)8-15(11)24-16(25)6-4-12-7-13(10-23-9-12)17(26)22-2/h3-10H,1-2H3,(H,22,26)(H,24,25). The van der Waals surface area contributed by atoms with Crippen molar-refractivity contribution in [1.29, 1.82) is 0 Å². The van der Waals surface area contributed by atoms with Gasteiger partial charge < -0.3 is 10.6 Å². The van der Waals surface area contributed by atoms with E-state index in [4.69, 9.17) is 0 Å². The van der Waals surface area contributed by atoms with Gasteiger partial charge in [-0.1, -0.05) is 6.07 Å². The smallest absolute Gasteiger partial charge is 0.355 e. The Hall–Kier alpha value is -3.16. The van der Waals surface area contributed by atoms with Gasteiger partial charge in [0.25, 0.3) is 5.91 Å². The number of alkyl halides is 3. The zero-order valence-corrected chi connectivity index (χ0v) is 14.0. The van der Waals surface area contributed by atoms with Crippen molar-refractivity contribution in [2.75, 3.05) is 12.4 Å². The number of hydrogen-bond donors (Lipinski definition) is 2. The number of carbonyl (C=O) groups is 2. The van der Waals surface area contributed by atoms with Crippen LogP contribution in [0, 0.1) is 6.92 Å². The molecule has 0 bridgehead atoms. The van der Waals surface area contributed by atoms with Crippen LogP contribution in [0.15, 0.2) is 42.7 Å². The summed E-state index contributed by atoms with van der Waals surface area (Å²) in [5, 5.41) is 4.87. The molecule has 2 rings (SSSR count). The van der Waals surface area contributed by atoms with E-state index in [0.717, 1.165) is 18.2 Å². The number of nitrogens with one attached hydrogen (secondary N) is 2. The van der Waals surface area contributed by atoms with Gasteiger partial charge in [0.05, 0.1) is 11.1 Å². The maximum Gasteiger partial charge on any atom is 0.416 e. The van der Waals surface area contributed by atoms with Crippen molar-refractivity contribution >= 4 is 23.6 Å². The van der Waals surface area contributed by atoms with Gasteiger partial charge in [0.2, 0.25) is 5.91 Å². The molecule has 0 saturated carbocycles. The predicted molar refractivity (Wildman–Crippen MR) is 91.5 cm³/mol. The molecular weight excluding hydrogens is 347 g/mol. The minimum atomic E-state index is -4.49. The van der Waals surface area contributed by atoms with Crippen LogP contribution in [0.3, 0.4) is 0 Å². The van der Waals surface area contributed by atoms with Gasteiger partial charge in [-0.25, -0.2) is 0 Å². The van der Waals surface area contributed by atoms with E-state index in [2.05, 4.69) is 15.6 Å². The number of benzene rings is 1. The molecule has 0 saturated heterocycles. The van der Waals surface area contributed by atoms with Crippen LogP contribution < -0.4 is 10.6 Å². The second-order valence-corrected chi connectivity index (χ2v) is 5.44. The van der Waals surface area contributed by atoms with Gasteiger partial charge in [-0.05, 0) is 42.3 Å². The zero-order valence-electron chi connectivity index (χ0n) is 14.0. The average molecular weight is 363 g/mol. The highest BCUT2D eigenvalue weighted by molar-refractivity contribution is 6.02. The number of nitrogens with zero attached hydrogens (tertiary/aromatic N) is 1. The fourth-order valence-electron chi connectivity index (χ4n) is 2.10. The highest BCUT2D eigenvalue weighted by atomic mass is 19.4. The summed E-state index contributed by atoms with van der Waals surface area (Å²) in [6, 6.07) is 4.66. The van der Waals surface area contributed by atoms with E-state index >= 15 is 0 Å². The Labute approximate surface area is 147 Å². The lowest BCUT2D eigenvalue weighted by Gasteiger charge is -2.11. The second kappa shape index (κ2) is 7.81. The highest BCUT2D eigenvalue weighted by Gasteiger charge is 2.30. The van der Waals surface area contributed by atoms with Crippen molar-refractivity contribution in [2.24, 2.45) is 0 Å². The summed E-state index contributed by atoms with van der Waals surface area (Å²) in [6.07, 6.45) is 0.908. The number of carbonyl (C=O) groups excluding carboxylic acids is 2. The molecule has 5 nitrogen and oxygen atoms in total. The van der Waals surface area contributed by atoms with Crippen LogP contribution in [-0.2, 0) is 11.0 Å². The van der Waals surface area contributed by atoms with E-state index in [9.17, 15) is 22.8 Å². The Morgan fingerprint density at radius 3 is 2.54 bits per heavy atom. The third-order valence-corrected chi connectivity index (χ3v) is 3.50. The molecule has 8 heteroatoms. The summed E-state index contributed by atoms with van der Waals surface area (Å²) in [4.78, 5) is 27.4. The van der Waals surface area contributed by atoms with Gasteiger partial charge in [-0.2, -0.15) is 13.2 Å². The number of halogens is 3. The lowest BCUT2D eigenvalue weighted by molar-refractivity contribution is -0.137. The van der Waals surface area contributed by atoms with Gasteiger partial charge in [0, 0.05) is 31.2 Å². The van der Waals surface area contributed by atoms with E-state index in [1.807, 2.05) is 0 Å². The molecule has 0 aliphatic carbocycles. The van der Waals surface area contributed by atoms with Crippen LogP contribution in [0.4, 0.5) is 18.9 Å². The first kappa shape index (κ1) is 19.2. The van der Waals surface area contributed by atoms with Crippen molar-refractivity contribution in [3.8, 4) is 0 Å². The van der Waals surface area contributed by atoms with Crippen LogP contribution in [0.1, 0.15) is 27.0 Å². The van der Waals surface area contributed by atoms with Gasteiger partial charge in [-0.15, -0.1) is 0 Å². The first-order valence-electron chi connectivity index (χ1n) is 7.55. The molecule has 2 N–H and O–H groups in total. The highest BCUT2D eigenvalue weighted by Crippen LogP contribution is 2.32. The van der Waals surface area contributed by atoms with E-state index in [-0.39, 0.29) is 11.6 Å². The molecule has 26 heavy (non-hydrogen) atoms. The summed E-state index contributed by atoms with van der Waals surface area (Å²) < 4.78 is 38.3. The molecule has 0 aliphatic rings. The van der Waals surface area contributed by atoms with Crippen molar-refractivity contribution < 1.29 is 22.8 Å². The molecule has 136 valence electrons. The Bertz CT molecular complexity index is 861. The van der Waals surface area contributed by atoms with Crippen LogP contribution in [-0.4, -0.2) is 23.8 Å². The lowest BCUT2D eigenvalue weighted by Crippen LogP contribution is -2.17. The quantitative estimate of drug-likeness (QED) is 0.818. The van der Waals surface area contributed by atoms with Crippen molar-refractivity contribution in [3.63, 3.8) is 0 Å². The van der Waals surface area contributed by atoms with E-state index in [1.165, 1.54) is 37.7 Å². The number of rotatable bonds is 4. The molecule has 1 aromatic heterocycles. The summed E-state index contributed by atoms with van der Waals surface area (Å²) in [7, 11) is 1.48. The third kappa shape index (κ3) is 4.92. The minimum Gasteiger partial charge on any atom is -0.355 e. The number of anilines is 1. The summed E-state index contributed by atoms with van der Waals surface area (Å²) >= 11 is 0. The Morgan fingerprint density at radius 1 is 1.15 bits per heavy atom. The Kier molecular flexibility index (Phi) is 5.76. The van der Waals surface area contributed by atoms with Crippen LogP contribution >= 0.6 is 0 Å². The van der Waals surface area contributed by atoms with Crippen molar-refractivity contribution in [1.82, 2.24) is 10.3 Å². The monoisotopic (exact) mass is 363 g/mol. The maximum absolute atomic E-state index is 12.8. The number of amides is 2. The normalized spacial score (nSPS) is 11.4. The maximum atomic E-state index is 12.8. The molecule has 2 aromatic rings. The molecule has 0 radical (unpaired) electrons. The van der Waals surface area contributed by atoms with E-state index in [0.29, 0.717) is 16.7 Å². The average Bonchev–Trinajstić information content (AvgIpc) is 2.60. The van der Waals surface area contributed by atoms with Crippen molar-refractivity contribution in [3.05, 3.63) is 65.0 Å². The molecular formula is C18H16F3N3O2. The van der Waals surface area contributed by atoms with Gasteiger partial charge >= 0.3 is 6.18 Å². The number of pyridine rings is 1. The summed E-state index contributed by atoms with van der Waals surface area (Å²) in [5.74, 6) is -0.922. The molecule has 0 unspecified atom stereocenters. The molecule has 0 fully saturated rings. The van der Waals surface area contributed by atoms with Crippen molar-refractivity contribution in [2.45, 2.75) is 13.1 Å². The molecule has 0 atom stereocenters. The number of aromatic nitrogens is 1. The Morgan fingerprint density at radius 2 is 1.88 bits per heavy atom. The van der Waals surface area contributed by atoms with Crippen LogP contribution in [0.25, 0.3) is 6.08 Å². The third-order valence-electron chi connectivity index (χ3n) is 3.50. The molecule has 0 spiro atoms. The summed E-state index contributed by atoms with van der Waals surface area (Å²) in [6.45, 7) is 1.59. The minimum absolute atomic E-state index is 0.0757. The second-order valence-electron chi connectivity index (χ2n) is 5.44. The Balaban J connectivity index is 2.14. The largest absolute Gasteiger partial charge is 0.416 e. The molecule has 2 amide bonds. The van der Waals surface area contributed by atoms with Gasteiger partial charge in [-0.3, -0.25) is 14.6 Å². The van der Waals surface area contributed by atoms with Gasteiger partial charge in [0.15, 0.2) is 0 Å². The molecule has 1 aromatic carbocycles. The zero-order chi connectivity index (χ0) is 19.3. The number of aryl methyl sites for hydroxylation is 1. The van der Waals surface area contributed by atoms with Gasteiger partial charge in [0.1, 0.15) is 0 Å². The fourth-order valence-corrected chi connectivity index (χ4v) is 2.10. The first-order valence-corrected chi connectivity index (χ1v) is 7.55. The van der Waals surface area contributed by atoms with E-state index in [1.54, 1.807) is 6.92 Å². The summed E-state index contributed by atoms with van der Waals surface area (Å²) in [5.41, 5.74) is 0.561. The first-order chi connectivity index (χ1) is 12.2.